The molecule has 1 atom stereocenters. The molecule has 102 valence electrons. The number of thioether (sulfide) groups is 1. The van der Waals surface area contributed by atoms with Crippen LogP contribution in [0.2, 0.25) is 0 Å². The van der Waals surface area contributed by atoms with Gasteiger partial charge in [0.2, 0.25) is 0 Å². The fraction of sp³-hybridized carbons (Fsp3) is 0.625. The summed E-state index contributed by atoms with van der Waals surface area (Å²) in [5.41, 5.74) is 1.39. The van der Waals surface area contributed by atoms with E-state index in [2.05, 4.69) is 50.4 Å². The molecule has 0 fully saturated rings. The number of aryl methyl sites for hydroxylation is 1. The third-order valence-corrected chi connectivity index (χ3v) is 4.36. The van der Waals surface area contributed by atoms with Crippen molar-refractivity contribution in [1.29, 1.82) is 0 Å². The summed E-state index contributed by atoms with van der Waals surface area (Å²) in [6.07, 6.45) is 5.35. The Balaban J connectivity index is 2.09. The van der Waals surface area contributed by atoms with Crippen LogP contribution in [0, 0.1) is 6.92 Å². The molecule has 0 bridgehead atoms. The molecule has 0 aromatic heterocycles. The van der Waals surface area contributed by atoms with Crippen LogP contribution < -0.4 is 5.32 Å². The number of hydrogen-bond donors (Lipinski definition) is 1. The molecular formula is C16H27NS. The summed E-state index contributed by atoms with van der Waals surface area (Å²) < 4.78 is 0. The van der Waals surface area contributed by atoms with Crippen LogP contribution in [0.25, 0.3) is 0 Å². The van der Waals surface area contributed by atoms with E-state index in [4.69, 9.17) is 0 Å². The number of benzene rings is 1. The van der Waals surface area contributed by atoms with Crippen LogP contribution in [-0.2, 0) is 0 Å². The van der Waals surface area contributed by atoms with E-state index in [0.29, 0.717) is 6.04 Å². The minimum atomic E-state index is 0.661. The van der Waals surface area contributed by atoms with Gasteiger partial charge in [0.15, 0.2) is 0 Å². The molecule has 0 amide bonds. The van der Waals surface area contributed by atoms with Gasteiger partial charge < -0.3 is 5.32 Å². The first-order valence-corrected chi connectivity index (χ1v) is 8.14. The first-order valence-electron chi connectivity index (χ1n) is 7.16. The van der Waals surface area contributed by atoms with E-state index in [9.17, 15) is 0 Å². The maximum absolute atomic E-state index is 3.61. The highest BCUT2D eigenvalue weighted by atomic mass is 32.2. The molecule has 0 radical (unpaired) electrons. The Morgan fingerprint density at radius 2 is 2.00 bits per heavy atom. The highest BCUT2D eigenvalue weighted by Gasteiger charge is 2.01. The van der Waals surface area contributed by atoms with Crippen molar-refractivity contribution in [1.82, 2.24) is 5.32 Å². The molecule has 1 aromatic rings. The summed E-state index contributed by atoms with van der Waals surface area (Å²) >= 11 is 1.95. The van der Waals surface area contributed by atoms with E-state index in [1.165, 1.54) is 36.1 Å². The lowest BCUT2D eigenvalue weighted by Crippen LogP contribution is -2.28. The van der Waals surface area contributed by atoms with E-state index >= 15 is 0 Å². The monoisotopic (exact) mass is 265 g/mol. The second-order valence-corrected chi connectivity index (χ2v) is 6.10. The van der Waals surface area contributed by atoms with Crippen molar-refractivity contribution in [3.8, 4) is 0 Å². The van der Waals surface area contributed by atoms with Gasteiger partial charge in [-0.1, -0.05) is 44.4 Å². The van der Waals surface area contributed by atoms with Crippen molar-refractivity contribution in [3.05, 3.63) is 29.8 Å². The third-order valence-electron chi connectivity index (χ3n) is 3.19. The van der Waals surface area contributed by atoms with Gasteiger partial charge in [0, 0.05) is 23.2 Å². The molecule has 1 unspecified atom stereocenters. The molecule has 0 spiro atoms. The van der Waals surface area contributed by atoms with Crippen LogP contribution in [0.4, 0.5) is 0 Å². The fourth-order valence-corrected chi connectivity index (χ4v) is 2.90. The first kappa shape index (κ1) is 15.6. The molecule has 18 heavy (non-hydrogen) atoms. The van der Waals surface area contributed by atoms with Crippen molar-refractivity contribution >= 4 is 11.8 Å². The molecule has 0 saturated carbocycles. The average Bonchev–Trinajstić information content (AvgIpc) is 2.37. The molecule has 1 N–H and O–H groups in total. The van der Waals surface area contributed by atoms with Gasteiger partial charge in [-0.25, -0.2) is 0 Å². The molecule has 0 saturated heterocycles. The number of hydrogen-bond acceptors (Lipinski definition) is 2. The molecule has 0 aliphatic carbocycles. The number of unbranched alkanes of at least 4 members (excludes halogenated alkanes) is 2. The molecule has 1 aromatic carbocycles. The largest absolute Gasteiger partial charge is 0.313 e. The Labute approximate surface area is 117 Å². The predicted molar refractivity (Wildman–Crippen MR) is 83.5 cm³/mol. The van der Waals surface area contributed by atoms with Gasteiger partial charge in [-0.15, -0.1) is 11.8 Å². The zero-order chi connectivity index (χ0) is 13.2. The maximum Gasteiger partial charge on any atom is 0.0106 e. The zero-order valence-electron chi connectivity index (χ0n) is 12.0. The Kier molecular flexibility index (Phi) is 8.19. The Hall–Kier alpha value is -0.470. The molecule has 1 rings (SSSR count). The van der Waals surface area contributed by atoms with E-state index < -0.39 is 0 Å². The maximum atomic E-state index is 3.61. The van der Waals surface area contributed by atoms with E-state index in [-0.39, 0.29) is 0 Å². The van der Waals surface area contributed by atoms with Crippen molar-refractivity contribution < 1.29 is 0 Å². The summed E-state index contributed by atoms with van der Waals surface area (Å²) in [5, 5.41) is 3.61. The van der Waals surface area contributed by atoms with Crippen LogP contribution in [0.3, 0.4) is 0 Å². The highest BCUT2D eigenvalue weighted by molar-refractivity contribution is 7.99. The minimum absolute atomic E-state index is 0.661. The Morgan fingerprint density at radius 3 is 2.72 bits per heavy atom. The second kappa shape index (κ2) is 9.46. The van der Waals surface area contributed by atoms with Crippen LogP contribution >= 0.6 is 11.8 Å². The lowest BCUT2D eigenvalue weighted by molar-refractivity contribution is 0.502. The zero-order valence-corrected chi connectivity index (χ0v) is 12.9. The second-order valence-electron chi connectivity index (χ2n) is 4.96. The standard InChI is InChI=1S/C16H27NS/c1-4-5-6-10-15(3)17-12-13-18-16-11-8-7-9-14(16)2/h7-9,11,15,17H,4-6,10,12-13H2,1-3H3. The summed E-state index contributed by atoms with van der Waals surface area (Å²) in [6.45, 7) is 7.85. The molecule has 2 heteroatoms. The van der Waals surface area contributed by atoms with Crippen molar-refractivity contribution in [2.45, 2.75) is 57.4 Å². The normalized spacial score (nSPS) is 12.6. The smallest absolute Gasteiger partial charge is 0.0106 e. The molecular weight excluding hydrogens is 238 g/mol. The summed E-state index contributed by atoms with van der Waals surface area (Å²) in [6, 6.07) is 9.28. The summed E-state index contributed by atoms with van der Waals surface area (Å²) in [7, 11) is 0. The van der Waals surface area contributed by atoms with E-state index in [1.54, 1.807) is 0 Å². The highest BCUT2D eigenvalue weighted by Crippen LogP contribution is 2.21. The van der Waals surface area contributed by atoms with Gasteiger partial charge >= 0.3 is 0 Å². The topological polar surface area (TPSA) is 12.0 Å². The van der Waals surface area contributed by atoms with E-state index in [0.717, 1.165) is 12.3 Å². The molecule has 0 aliphatic heterocycles. The van der Waals surface area contributed by atoms with Gasteiger partial charge in [-0.3, -0.25) is 0 Å². The molecule has 0 aliphatic rings. The van der Waals surface area contributed by atoms with Crippen LogP contribution in [0.1, 0.15) is 45.1 Å². The Morgan fingerprint density at radius 1 is 1.22 bits per heavy atom. The quantitative estimate of drug-likeness (QED) is 0.515. The SMILES string of the molecule is CCCCCC(C)NCCSc1ccccc1C. The van der Waals surface area contributed by atoms with E-state index in [1.807, 2.05) is 11.8 Å². The lowest BCUT2D eigenvalue weighted by atomic mass is 10.1. The average molecular weight is 265 g/mol. The van der Waals surface area contributed by atoms with Gasteiger partial charge in [0.25, 0.3) is 0 Å². The fourth-order valence-electron chi connectivity index (χ4n) is 1.99. The minimum Gasteiger partial charge on any atom is -0.313 e. The summed E-state index contributed by atoms with van der Waals surface area (Å²) in [4.78, 5) is 1.41. The van der Waals surface area contributed by atoms with Crippen LogP contribution in [0.5, 0.6) is 0 Å². The number of nitrogens with one attached hydrogen (secondary N) is 1. The van der Waals surface area contributed by atoms with Gasteiger partial charge in [0.1, 0.15) is 0 Å². The van der Waals surface area contributed by atoms with Crippen molar-refractivity contribution in [3.63, 3.8) is 0 Å². The number of rotatable bonds is 9. The molecule has 0 heterocycles. The third kappa shape index (κ3) is 6.46. The van der Waals surface area contributed by atoms with Crippen molar-refractivity contribution in [2.75, 3.05) is 12.3 Å². The molecule has 1 nitrogen and oxygen atoms in total. The predicted octanol–water partition coefficient (Wildman–Crippen LogP) is 4.65. The summed E-state index contributed by atoms with van der Waals surface area (Å²) in [5.74, 6) is 1.16. The Bertz CT molecular complexity index is 325. The first-order chi connectivity index (χ1) is 8.74. The van der Waals surface area contributed by atoms with Gasteiger partial charge in [-0.2, -0.15) is 0 Å². The van der Waals surface area contributed by atoms with Crippen LogP contribution in [-0.4, -0.2) is 18.3 Å². The van der Waals surface area contributed by atoms with Gasteiger partial charge in [-0.05, 0) is 31.9 Å². The van der Waals surface area contributed by atoms with Crippen molar-refractivity contribution in [2.24, 2.45) is 0 Å². The van der Waals surface area contributed by atoms with Crippen LogP contribution in [0.15, 0.2) is 29.2 Å². The van der Waals surface area contributed by atoms with Gasteiger partial charge in [0.05, 0.1) is 0 Å². The lowest BCUT2D eigenvalue weighted by Gasteiger charge is -2.13.